The number of hydrogen-bond acceptors (Lipinski definition) is 2. The number of aliphatic hydroxyl groups is 2. The van der Waals surface area contributed by atoms with E-state index in [0.29, 0.717) is 0 Å². The van der Waals surface area contributed by atoms with E-state index in [0.717, 1.165) is 12.8 Å². The molecule has 1 saturated carbocycles. The van der Waals surface area contributed by atoms with E-state index in [9.17, 15) is 10.2 Å². The Balaban J connectivity index is 2.53. The second-order valence-corrected chi connectivity index (χ2v) is 5.60. The maximum absolute atomic E-state index is 9.53. The summed E-state index contributed by atoms with van der Waals surface area (Å²) in [6, 6.07) is 0. The zero-order valence-corrected chi connectivity index (χ0v) is 9.30. The Bertz CT molecular complexity index is 287. The van der Waals surface area contributed by atoms with E-state index in [2.05, 4.69) is 26.8 Å². The molecule has 0 amide bonds. The molecule has 0 aliphatic heterocycles. The largest absolute Gasteiger partial charge is 0.395 e. The summed E-state index contributed by atoms with van der Waals surface area (Å²) in [7, 11) is 0. The summed E-state index contributed by atoms with van der Waals surface area (Å²) in [5.74, 6) is 0. The minimum Gasteiger partial charge on any atom is -0.395 e. The van der Waals surface area contributed by atoms with Crippen molar-refractivity contribution in [1.29, 1.82) is 0 Å². The van der Waals surface area contributed by atoms with Crippen LogP contribution < -0.4 is 0 Å². The van der Waals surface area contributed by atoms with Gasteiger partial charge in [0.25, 0.3) is 0 Å². The van der Waals surface area contributed by atoms with Gasteiger partial charge in [-0.2, -0.15) is 0 Å². The van der Waals surface area contributed by atoms with Gasteiger partial charge in [-0.25, -0.2) is 0 Å². The first-order valence-corrected chi connectivity index (χ1v) is 5.37. The quantitative estimate of drug-likeness (QED) is 0.660. The summed E-state index contributed by atoms with van der Waals surface area (Å²) in [5, 5.41) is 19.1. The number of fused-ring (bicyclic) bond motifs is 2. The minimum absolute atomic E-state index is 0.0266. The van der Waals surface area contributed by atoms with Crippen molar-refractivity contribution in [3.8, 4) is 0 Å². The molecule has 2 nitrogen and oxygen atoms in total. The Morgan fingerprint density at radius 2 is 1.79 bits per heavy atom. The molecule has 0 spiro atoms. The number of rotatable bonds is 2. The second kappa shape index (κ2) is 2.61. The van der Waals surface area contributed by atoms with Crippen LogP contribution in [0.15, 0.2) is 11.6 Å². The van der Waals surface area contributed by atoms with Crippen molar-refractivity contribution < 1.29 is 10.2 Å². The fraction of sp³-hybridized carbons (Fsp3) is 0.833. The van der Waals surface area contributed by atoms with Crippen molar-refractivity contribution in [2.24, 2.45) is 16.2 Å². The lowest BCUT2D eigenvalue weighted by Gasteiger charge is -2.46. The molecule has 14 heavy (non-hydrogen) atoms. The molecule has 0 heterocycles. The summed E-state index contributed by atoms with van der Waals surface area (Å²) in [6.45, 7) is 6.80. The van der Waals surface area contributed by atoms with Crippen molar-refractivity contribution in [1.82, 2.24) is 0 Å². The number of aliphatic hydroxyl groups excluding tert-OH is 2. The van der Waals surface area contributed by atoms with Crippen LogP contribution in [0.4, 0.5) is 0 Å². The molecule has 0 aromatic carbocycles. The van der Waals surface area contributed by atoms with Gasteiger partial charge in [0.1, 0.15) is 0 Å². The molecule has 2 aliphatic carbocycles. The molecular weight excluding hydrogens is 176 g/mol. The molecular formula is C12H20O2. The Kier molecular flexibility index (Phi) is 1.90. The number of allylic oxidation sites excluding steroid dienone is 1. The molecule has 0 saturated heterocycles. The highest BCUT2D eigenvalue weighted by Crippen LogP contribution is 2.69. The van der Waals surface area contributed by atoms with Crippen molar-refractivity contribution in [2.75, 3.05) is 13.2 Å². The van der Waals surface area contributed by atoms with Crippen LogP contribution in [0.25, 0.3) is 0 Å². The van der Waals surface area contributed by atoms with Crippen LogP contribution in [-0.2, 0) is 0 Å². The van der Waals surface area contributed by atoms with Gasteiger partial charge >= 0.3 is 0 Å². The third-order valence-corrected chi connectivity index (χ3v) is 5.19. The summed E-state index contributed by atoms with van der Waals surface area (Å²) in [5.41, 5.74) is 1.20. The highest BCUT2D eigenvalue weighted by molar-refractivity contribution is 5.37. The lowest BCUT2D eigenvalue weighted by molar-refractivity contribution is -0.0448. The molecule has 80 valence electrons. The molecule has 1 atom stereocenters. The molecule has 2 N–H and O–H groups in total. The molecule has 2 heteroatoms. The monoisotopic (exact) mass is 196 g/mol. The van der Waals surface area contributed by atoms with E-state index < -0.39 is 0 Å². The van der Waals surface area contributed by atoms with Crippen molar-refractivity contribution in [3.05, 3.63) is 11.6 Å². The maximum atomic E-state index is 9.53. The predicted molar refractivity (Wildman–Crippen MR) is 55.8 cm³/mol. The Labute approximate surface area is 85.6 Å². The van der Waals surface area contributed by atoms with E-state index in [1.54, 1.807) is 0 Å². The molecule has 1 fully saturated rings. The summed E-state index contributed by atoms with van der Waals surface area (Å²) in [6.07, 6.45) is 4.36. The first kappa shape index (κ1) is 10.2. The van der Waals surface area contributed by atoms with Crippen molar-refractivity contribution in [2.45, 2.75) is 33.6 Å². The third kappa shape index (κ3) is 0.801. The average molecular weight is 196 g/mol. The maximum Gasteiger partial charge on any atom is 0.0549 e. The van der Waals surface area contributed by atoms with Gasteiger partial charge in [-0.3, -0.25) is 0 Å². The fourth-order valence-corrected chi connectivity index (χ4v) is 3.47. The van der Waals surface area contributed by atoms with Gasteiger partial charge in [0.2, 0.25) is 0 Å². The van der Waals surface area contributed by atoms with Crippen LogP contribution in [0.5, 0.6) is 0 Å². The van der Waals surface area contributed by atoms with Gasteiger partial charge in [-0.1, -0.05) is 32.4 Å². The van der Waals surface area contributed by atoms with E-state index in [1.165, 1.54) is 5.57 Å². The highest BCUT2D eigenvalue weighted by atomic mass is 16.3. The second-order valence-electron chi connectivity index (χ2n) is 5.60. The molecule has 2 bridgehead atoms. The van der Waals surface area contributed by atoms with Gasteiger partial charge in [0.05, 0.1) is 13.2 Å². The predicted octanol–water partition coefficient (Wildman–Crippen LogP) is 1.72. The standard InChI is InChI=1S/C12H20O2/c1-10(2)9-4-5-11(10,3)12(6-9,7-13)8-14/h6,13-14H,4-5,7-8H2,1-3H3. The highest BCUT2D eigenvalue weighted by Gasteiger charge is 2.63. The van der Waals surface area contributed by atoms with Crippen molar-refractivity contribution in [3.63, 3.8) is 0 Å². The normalized spacial score (nSPS) is 37.4. The third-order valence-electron chi connectivity index (χ3n) is 5.19. The minimum atomic E-state index is -0.385. The van der Waals surface area contributed by atoms with Crippen LogP contribution in [0.2, 0.25) is 0 Å². The lowest BCUT2D eigenvalue weighted by Crippen LogP contribution is -2.46. The molecule has 2 aliphatic rings. The topological polar surface area (TPSA) is 40.5 Å². The summed E-state index contributed by atoms with van der Waals surface area (Å²) in [4.78, 5) is 0. The number of hydrogen-bond donors (Lipinski definition) is 2. The van der Waals surface area contributed by atoms with E-state index in [1.807, 2.05) is 0 Å². The van der Waals surface area contributed by atoms with Crippen LogP contribution in [-0.4, -0.2) is 23.4 Å². The van der Waals surface area contributed by atoms with Crippen molar-refractivity contribution >= 4 is 0 Å². The van der Waals surface area contributed by atoms with Gasteiger partial charge in [0.15, 0.2) is 0 Å². The Morgan fingerprint density at radius 1 is 1.21 bits per heavy atom. The average Bonchev–Trinajstić information content (AvgIpc) is 2.48. The van der Waals surface area contributed by atoms with Gasteiger partial charge in [-0.15, -0.1) is 0 Å². The van der Waals surface area contributed by atoms with E-state index in [4.69, 9.17) is 0 Å². The molecule has 0 aromatic rings. The first-order chi connectivity index (χ1) is 6.43. The van der Waals surface area contributed by atoms with Crippen LogP contribution in [0, 0.1) is 16.2 Å². The first-order valence-electron chi connectivity index (χ1n) is 5.37. The lowest BCUT2D eigenvalue weighted by atomic mass is 9.58. The Morgan fingerprint density at radius 3 is 2.00 bits per heavy atom. The Hall–Kier alpha value is -0.340. The molecule has 2 rings (SSSR count). The molecule has 1 unspecified atom stereocenters. The smallest absolute Gasteiger partial charge is 0.0549 e. The zero-order chi connectivity index (χ0) is 10.6. The molecule has 0 radical (unpaired) electrons. The van der Waals surface area contributed by atoms with Gasteiger partial charge in [0, 0.05) is 5.41 Å². The van der Waals surface area contributed by atoms with Crippen LogP contribution in [0.3, 0.4) is 0 Å². The molecule has 0 aromatic heterocycles. The fourth-order valence-electron chi connectivity index (χ4n) is 3.47. The SMILES string of the molecule is CC1(C)C2=CC(CO)(CO)C1(C)CC2. The summed E-state index contributed by atoms with van der Waals surface area (Å²) >= 11 is 0. The van der Waals surface area contributed by atoms with E-state index >= 15 is 0 Å². The summed E-state index contributed by atoms with van der Waals surface area (Å²) < 4.78 is 0. The zero-order valence-electron chi connectivity index (χ0n) is 9.30. The van der Waals surface area contributed by atoms with Gasteiger partial charge < -0.3 is 10.2 Å². The van der Waals surface area contributed by atoms with Crippen LogP contribution in [0.1, 0.15) is 33.6 Å². The van der Waals surface area contributed by atoms with Crippen LogP contribution >= 0.6 is 0 Å². The van der Waals surface area contributed by atoms with Gasteiger partial charge in [-0.05, 0) is 23.7 Å². The van der Waals surface area contributed by atoms with E-state index in [-0.39, 0.29) is 29.5 Å².